The molecule has 0 amide bonds. The Bertz CT molecular complexity index is 329. The van der Waals surface area contributed by atoms with E-state index in [9.17, 15) is 0 Å². The number of nitrogens with zero attached hydrogens (tertiary/aromatic N) is 1. The molecule has 0 fully saturated rings. The summed E-state index contributed by atoms with van der Waals surface area (Å²) in [6, 6.07) is 3.87. The molecular formula is C13H22N2O2. The number of methoxy groups -OCH3 is 1. The molecule has 1 aromatic rings. The van der Waals surface area contributed by atoms with Gasteiger partial charge in [-0.3, -0.25) is 4.98 Å². The van der Waals surface area contributed by atoms with Crippen LogP contribution in [0.15, 0.2) is 12.1 Å². The number of unbranched alkanes of at least 4 members (excludes halogenated alkanes) is 2. The molecule has 0 radical (unpaired) electrons. The molecule has 2 N–H and O–H groups in total. The van der Waals surface area contributed by atoms with Crippen molar-refractivity contribution >= 4 is 0 Å². The van der Waals surface area contributed by atoms with Crippen molar-refractivity contribution in [3.8, 4) is 5.75 Å². The number of aliphatic hydroxyl groups excluding tert-OH is 1. The van der Waals surface area contributed by atoms with Crippen molar-refractivity contribution in [1.29, 1.82) is 0 Å². The zero-order valence-corrected chi connectivity index (χ0v) is 10.7. The van der Waals surface area contributed by atoms with E-state index >= 15 is 0 Å². The van der Waals surface area contributed by atoms with E-state index in [1.54, 1.807) is 7.11 Å². The van der Waals surface area contributed by atoms with Crippen LogP contribution < -0.4 is 10.1 Å². The fourth-order valence-corrected chi connectivity index (χ4v) is 1.67. The first-order chi connectivity index (χ1) is 8.26. The number of nitrogens with one attached hydrogen (secondary N) is 1. The van der Waals surface area contributed by atoms with Crippen LogP contribution in [0, 0.1) is 6.92 Å². The number of aromatic nitrogens is 1. The highest BCUT2D eigenvalue weighted by Gasteiger charge is 2.00. The number of ether oxygens (including phenoxy) is 1. The van der Waals surface area contributed by atoms with Crippen molar-refractivity contribution in [2.45, 2.75) is 32.7 Å². The molecule has 0 bridgehead atoms. The lowest BCUT2D eigenvalue weighted by molar-refractivity contribution is 0.283. The van der Waals surface area contributed by atoms with Gasteiger partial charge < -0.3 is 15.2 Å². The van der Waals surface area contributed by atoms with Gasteiger partial charge in [0.25, 0.3) is 0 Å². The second-order valence-electron chi connectivity index (χ2n) is 4.10. The van der Waals surface area contributed by atoms with Gasteiger partial charge in [0, 0.05) is 31.0 Å². The fourth-order valence-electron chi connectivity index (χ4n) is 1.67. The summed E-state index contributed by atoms with van der Waals surface area (Å²) in [6.45, 7) is 3.97. The summed E-state index contributed by atoms with van der Waals surface area (Å²) >= 11 is 0. The van der Waals surface area contributed by atoms with Gasteiger partial charge in [0.1, 0.15) is 5.75 Å². The van der Waals surface area contributed by atoms with Gasteiger partial charge in [-0.05, 0) is 32.7 Å². The SMILES string of the molecule is COc1cc(C)nc(CNCCCCCO)c1. The van der Waals surface area contributed by atoms with Gasteiger partial charge in [-0.25, -0.2) is 0 Å². The van der Waals surface area contributed by atoms with Gasteiger partial charge in [0.2, 0.25) is 0 Å². The van der Waals surface area contributed by atoms with E-state index < -0.39 is 0 Å². The fraction of sp³-hybridized carbons (Fsp3) is 0.615. The first-order valence-electron chi connectivity index (χ1n) is 6.09. The number of aliphatic hydroxyl groups is 1. The number of aryl methyl sites for hydroxylation is 1. The number of hydrogen-bond donors (Lipinski definition) is 2. The van der Waals surface area contributed by atoms with Crippen LogP contribution in [0.25, 0.3) is 0 Å². The smallest absolute Gasteiger partial charge is 0.122 e. The van der Waals surface area contributed by atoms with E-state index in [1.165, 1.54) is 0 Å². The predicted octanol–water partition coefficient (Wildman–Crippen LogP) is 1.65. The third kappa shape index (κ3) is 5.65. The van der Waals surface area contributed by atoms with Crippen molar-refractivity contribution < 1.29 is 9.84 Å². The summed E-state index contributed by atoms with van der Waals surface area (Å²) < 4.78 is 5.20. The molecule has 0 aliphatic heterocycles. The Labute approximate surface area is 103 Å². The molecule has 1 rings (SSSR count). The van der Waals surface area contributed by atoms with E-state index in [1.807, 2.05) is 19.1 Å². The Balaban J connectivity index is 2.28. The summed E-state index contributed by atoms with van der Waals surface area (Å²) in [5.41, 5.74) is 1.98. The molecule has 4 nitrogen and oxygen atoms in total. The summed E-state index contributed by atoms with van der Waals surface area (Å²) in [6.07, 6.45) is 3.04. The van der Waals surface area contributed by atoms with Crippen LogP contribution >= 0.6 is 0 Å². The summed E-state index contributed by atoms with van der Waals surface area (Å²) in [7, 11) is 1.67. The highest BCUT2D eigenvalue weighted by Crippen LogP contribution is 2.12. The van der Waals surface area contributed by atoms with Gasteiger partial charge in [-0.1, -0.05) is 0 Å². The van der Waals surface area contributed by atoms with E-state index in [-0.39, 0.29) is 6.61 Å². The van der Waals surface area contributed by atoms with Crippen LogP contribution in [0.4, 0.5) is 0 Å². The Morgan fingerprint density at radius 2 is 2.12 bits per heavy atom. The van der Waals surface area contributed by atoms with E-state index in [0.29, 0.717) is 0 Å². The molecule has 4 heteroatoms. The zero-order valence-electron chi connectivity index (χ0n) is 10.7. The van der Waals surface area contributed by atoms with Gasteiger partial charge in [-0.15, -0.1) is 0 Å². The summed E-state index contributed by atoms with van der Waals surface area (Å²) in [5.74, 6) is 0.856. The van der Waals surface area contributed by atoms with Crippen molar-refractivity contribution in [3.05, 3.63) is 23.5 Å². The molecule has 0 unspecified atom stereocenters. The van der Waals surface area contributed by atoms with E-state index in [0.717, 1.165) is 49.5 Å². The maximum absolute atomic E-state index is 8.64. The summed E-state index contributed by atoms with van der Waals surface area (Å²) in [5, 5.41) is 12.0. The number of pyridine rings is 1. The van der Waals surface area contributed by atoms with E-state index in [4.69, 9.17) is 9.84 Å². The van der Waals surface area contributed by atoms with Crippen LogP contribution in [-0.2, 0) is 6.54 Å². The molecule has 0 saturated heterocycles. The average molecular weight is 238 g/mol. The van der Waals surface area contributed by atoms with Gasteiger partial charge >= 0.3 is 0 Å². The van der Waals surface area contributed by atoms with Gasteiger partial charge in [-0.2, -0.15) is 0 Å². The topological polar surface area (TPSA) is 54.4 Å². The Hall–Kier alpha value is -1.13. The number of rotatable bonds is 8. The number of hydrogen-bond acceptors (Lipinski definition) is 4. The molecule has 1 heterocycles. The van der Waals surface area contributed by atoms with Gasteiger partial charge in [0.15, 0.2) is 0 Å². The highest BCUT2D eigenvalue weighted by molar-refractivity contribution is 5.26. The summed E-state index contributed by atoms with van der Waals surface area (Å²) in [4.78, 5) is 4.43. The van der Waals surface area contributed by atoms with Crippen LogP contribution in [0.3, 0.4) is 0 Å². The maximum Gasteiger partial charge on any atom is 0.122 e. The molecule has 0 atom stereocenters. The maximum atomic E-state index is 8.64. The third-order valence-electron chi connectivity index (χ3n) is 2.53. The van der Waals surface area contributed by atoms with Crippen molar-refractivity contribution in [2.24, 2.45) is 0 Å². The lowest BCUT2D eigenvalue weighted by atomic mass is 10.2. The monoisotopic (exact) mass is 238 g/mol. The van der Waals surface area contributed by atoms with Crippen LogP contribution in [0.1, 0.15) is 30.7 Å². The Morgan fingerprint density at radius 3 is 2.82 bits per heavy atom. The Morgan fingerprint density at radius 1 is 1.29 bits per heavy atom. The molecule has 0 aliphatic carbocycles. The van der Waals surface area contributed by atoms with Crippen molar-refractivity contribution in [2.75, 3.05) is 20.3 Å². The minimum Gasteiger partial charge on any atom is -0.497 e. The molecule has 0 aromatic carbocycles. The van der Waals surface area contributed by atoms with Crippen LogP contribution in [0.5, 0.6) is 5.75 Å². The molecule has 0 saturated carbocycles. The predicted molar refractivity (Wildman–Crippen MR) is 68.2 cm³/mol. The second kappa shape index (κ2) is 8.03. The van der Waals surface area contributed by atoms with Crippen molar-refractivity contribution in [1.82, 2.24) is 10.3 Å². The van der Waals surface area contributed by atoms with Crippen LogP contribution in [-0.4, -0.2) is 30.4 Å². The van der Waals surface area contributed by atoms with Crippen molar-refractivity contribution in [3.63, 3.8) is 0 Å². The minimum atomic E-state index is 0.288. The largest absolute Gasteiger partial charge is 0.497 e. The molecule has 96 valence electrons. The van der Waals surface area contributed by atoms with Crippen LogP contribution in [0.2, 0.25) is 0 Å². The molecule has 17 heavy (non-hydrogen) atoms. The molecular weight excluding hydrogens is 216 g/mol. The lowest BCUT2D eigenvalue weighted by Crippen LogP contribution is -2.16. The van der Waals surface area contributed by atoms with E-state index in [2.05, 4.69) is 10.3 Å². The lowest BCUT2D eigenvalue weighted by Gasteiger charge is -2.07. The quantitative estimate of drug-likeness (QED) is 0.676. The first kappa shape index (κ1) is 13.9. The minimum absolute atomic E-state index is 0.288. The molecule has 0 spiro atoms. The average Bonchev–Trinajstić information content (AvgIpc) is 2.33. The van der Waals surface area contributed by atoms with Gasteiger partial charge in [0.05, 0.1) is 12.8 Å². The first-order valence-corrected chi connectivity index (χ1v) is 6.09. The second-order valence-corrected chi connectivity index (χ2v) is 4.10. The highest BCUT2D eigenvalue weighted by atomic mass is 16.5. The molecule has 1 aromatic heterocycles. The normalized spacial score (nSPS) is 10.5. The molecule has 0 aliphatic rings. The Kier molecular flexibility index (Phi) is 6.58. The third-order valence-corrected chi connectivity index (χ3v) is 2.53. The zero-order chi connectivity index (χ0) is 12.5. The standard InChI is InChI=1S/C13H22N2O2/c1-11-8-13(17-2)9-12(15-11)10-14-6-4-3-5-7-16/h8-9,14,16H,3-7,10H2,1-2H3.